The summed E-state index contributed by atoms with van der Waals surface area (Å²) in [7, 11) is 3.84. The Hall–Kier alpha value is -5.37. The molecule has 0 bridgehead atoms. The van der Waals surface area contributed by atoms with E-state index in [1.54, 1.807) is 30.0 Å². The van der Waals surface area contributed by atoms with Gasteiger partial charge < -0.3 is 14.8 Å². The number of hydrazine groups is 1. The van der Waals surface area contributed by atoms with Crippen LogP contribution >= 0.6 is 0 Å². The number of para-hydroxylation sites is 1. The van der Waals surface area contributed by atoms with Gasteiger partial charge in [0.1, 0.15) is 6.04 Å². The molecule has 4 aromatic carbocycles. The van der Waals surface area contributed by atoms with Gasteiger partial charge in [0.2, 0.25) is 0 Å². The Morgan fingerprint density at radius 2 is 1.53 bits per heavy atom. The first-order valence-electron chi connectivity index (χ1n) is 14.2. The van der Waals surface area contributed by atoms with Gasteiger partial charge in [-0.3, -0.25) is 25.2 Å². The molecule has 43 heavy (non-hydrogen) atoms. The van der Waals surface area contributed by atoms with Crippen molar-refractivity contribution in [2.45, 2.75) is 25.9 Å². The number of H-pyrrole nitrogens is 1. The first kappa shape index (κ1) is 27.8. The highest BCUT2D eigenvalue weighted by Crippen LogP contribution is 2.46. The molecule has 6 rings (SSSR count). The third-order valence-corrected chi connectivity index (χ3v) is 8.10. The topological polar surface area (TPSA) is 97.5 Å². The molecular weight excluding hydrogens is 538 g/mol. The van der Waals surface area contributed by atoms with Crippen LogP contribution in [-0.2, 0) is 4.79 Å². The Balaban J connectivity index is 1.35. The van der Waals surface area contributed by atoms with Gasteiger partial charge in [-0.25, -0.2) is 0 Å². The fourth-order valence-corrected chi connectivity index (χ4v) is 5.76. The fraction of sp³-hybridized carbons (Fsp3) is 0.171. The molecule has 3 N–H and O–H groups in total. The zero-order valence-corrected chi connectivity index (χ0v) is 24.5. The van der Waals surface area contributed by atoms with E-state index in [0.717, 1.165) is 44.5 Å². The molecule has 1 aliphatic rings. The van der Waals surface area contributed by atoms with Crippen molar-refractivity contribution in [3.63, 3.8) is 0 Å². The highest BCUT2D eigenvalue weighted by molar-refractivity contribution is 6.04. The summed E-state index contributed by atoms with van der Waals surface area (Å²) in [4.78, 5) is 47.5. The molecule has 0 radical (unpaired) electrons. The number of amides is 3. The van der Waals surface area contributed by atoms with Crippen LogP contribution in [0.1, 0.15) is 50.4 Å². The zero-order chi connectivity index (χ0) is 30.2. The van der Waals surface area contributed by atoms with Crippen molar-refractivity contribution < 1.29 is 14.4 Å². The molecule has 2 unspecified atom stereocenters. The van der Waals surface area contributed by atoms with Crippen LogP contribution in [0.4, 0.5) is 5.69 Å². The second-order valence-corrected chi connectivity index (χ2v) is 11.1. The van der Waals surface area contributed by atoms with E-state index < -0.39 is 23.9 Å². The van der Waals surface area contributed by atoms with Crippen LogP contribution < -0.4 is 15.8 Å². The van der Waals surface area contributed by atoms with E-state index in [9.17, 15) is 14.4 Å². The minimum absolute atomic E-state index is 0.242. The van der Waals surface area contributed by atoms with Gasteiger partial charge in [-0.2, -0.15) is 0 Å². The number of carbonyl (C=O) groups excluding carboxylic acids is 3. The van der Waals surface area contributed by atoms with Crippen molar-refractivity contribution in [3.05, 3.63) is 125 Å². The summed E-state index contributed by atoms with van der Waals surface area (Å²) in [5.74, 6) is -1.19. The Morgan fingerprint density at radius 3 is 2.26 bits per heavy atom. The van der Waals surface area contributed by atoms with E-state index in [1.807, 2.05) is 80.5 Å². The van der Waals surface area contributed by atoms with Crippen molar-refractivity contribution in [1.82, 2.24) is 20.7 Å². The zero-order valence-electron chi connectivity index (χ0n) is 24.5. The Bertz CT molecular complexity index is 1840. The van der Waals surface area contributed by atoms with Gasteiger partial charge in [0.05, 0.1) is 11.7 Å². The maximum absolute atomic E-state index is 14.0. The second-order valence-electron chi connectivity index (χ2n) is 11.1. The van der Waals surface area contributed by atoms with Crippen molar-refractivity contribution >= 4 is 34.3 Å². The van der Waals surface area contributed by atoms with Gasteiger partial charge in [0, 0.05) is 47.4 Å². The number of benzene rings is 4. The average molecular weight is 572 g/mol. The second kappa shape index (κ2) is 11.1. The molecule has 0 fully saturated rings. The average Bonchev–Trinajstić information content (AvgIpc) is 3.54. The molecule has 3 amide bonds. The number of nitrogens with one attached hydrogen (secondary N) is 3. The summed E-state index contributed by atoms with van der Waals surface area (Å²) >= 11 is 0. The van der Waals surface area contributed by atoms with Gasteiger partial charge in [0.15, 0.2) is 0 Å². The minimum Gasteiger partial charge on any atom is -0.378 e. The lowest BCUT2D eigenvalue weighted by atomic mass is 9.92. The molecule has 2 heterocycles. The number of hydrogen-bond donors (Lipinski definition) is 3. The molecule has 0 spiro atoms. The van der Waals surface area contributed by atoms with Crippen molar-refractivity contribution in [3.8, 4) is 11.3 Å². The first-order chi connectivity index (χ1) is 20.7. The molecule has 8 nitrogen and oxygen atoms in total. The maximum atomic E-state index is 14.0. The maximum Gasteiger partial charge on any atom is 0.269 e. The third kappa shape index (κ3) is 5.01. The van der Waals surface area contributed by atoms with Crippen LogP contribution in [0.3, 0.4) is 0 Å². The molecular formula is C35H33N5O3. The summed E-state index contributed by atoms with van der Waals surface area (Å²) in [6, 6.07) is 29.3. The van der Waals surface area contributed by atoms with Crippen molar-refractivity contribution in [2.24, 2.45) is 0 Å². The molecule has 5 aromatic rings. The predicted molar refractivity (Wildman–Crippen MR) is 169 cm³/mol. The van der Waals surface area contributed by atoms with Crippen LogP contribution in [-0.4, -0.2) is 47.7 Å². The largest absolute Gasteiger partial charge is 0.378 e. The summed E-state index contributed by atoms with van der Waals surface area (Å²) < 4.78 is 0. The van der Waals surface area contributed by atoms with Crippen molar-refractivity contribution in [1.29, 1.82) is 0 Å². The molecule has 8 heteroatoms. The molecule has 1 aromatic heterocycles. The van der Waals surface area contributed by atoms with E-state index in [2.05, 4.69) is 40.1 Å². The number of anilines is 1. The third-order valence-electron chi connectivity index (χ3n) is 8.10. The molecule has 0 aliphatic carbocycles. The standard InChI is InChI=1S/C35H33N5O3/c1-21-13-15-23(16-14-21)31-30(28-11-7-8-12-29(28)36-31)32-26-9-5-6-10-27(26)35(43)40(32)22(2)33(41)37-38-34(42)24-17-19-25(20-18-24)39(3)4/h5-20,22,32,36H,1-4H3,(H,37,41)(H,38,42). The number of aromatic nitrogens is 1. The quantitative estimate of drug-likeness (QED) is 0.231. The van der Waals surface area contributed by atoms with E-state index in [0.29, 0.717) is 11.1 Å². The van der Waals surface area contributed by atoms with E-state index >= 15 is 0 Å². The highest BCUT2D eigenvalue weighted by Gasteiger charge is 2.44. The molecule has 0 saturated heterocycles. The Kier molecular flexibility index (Phi) is 7.19. The lowest BCUT2D eigenvalue weighted by Gasteiger charge is -2.31. The SMILES string of the molecule is Cc1ccc(-c2[nH]c3ccccc3c2C2c3ccccc3C(=O)N2C(C)C(=O)NNC(=O)c2ccc(N(C)C)cc2)cc1. The summed E-state index contributed by atoms with van der Waals surface area (Å²) in [5.41, 5.74) is 12.7. The van der Waals surface area contributed by atoms with Gasteiger partial charge in [-0.15, -0.1) is 0 Å². The number of rotatable bonds is 6. The number of aryl methyl sites for hydroxylation is 1. The lowest BCUT2D eigenvalue weighted by molar-refractivity contribution is -0.126. The summed E-state index contributed by atoms with van der Waals surface area (Å²) in [5, 5.41) is 0.972. The van der Waals surface area contributed by atoms with Crippen LogP contribution in [0.15, 0.2) is 97.1 Å². The summed E-state index contributed by atoms with van der Waals surface area (Å²) in [6.45, 7) is 3.73. The molecule has 2 atom stereocenters. The normalized spacial score (nSPS) is 14.8. The van der Waals surface area contributed by atoms with Gasteiger partial charge in [0.25, 0.3) is 17.7 Å². The fourth-order valence-electron chi connectivity index (χ4n) is 5.76. The van der Waals surface area contributed by atoms with Gasteiger partial charge in [-0.05, 0) is 61.4 Å². The smallest absolute Gasteiger partial charge is 0.269 e. The van der Waals surface area contributed by atoms with Crippen LogP contribution in [0.2, 0.25) is 0 Å². The molecule has 1 aliphatic heterocycles. The Labute approximate surface area is 250 Å². The van der Waals surface area contributed by atoms with E-state index in [-0.39, 0.29) is 5.91 Å². The van der Waals surface area contributed by atoms with Gasteiger partial charge in [-0.1, -0.05) is 66.2 Å². The van der Waals surface area contributed by atoms with E-state index in [4.69, 9.17) is 0 Å². The predicted octanol–water partition coefficient (Wildman–Crippen LogP) is 5.60. The summed E-state index contributed by atoms with van der Waals surface area (Å²) in [6.07, 6.45) is 0. The van der Waals surface area contributed by atoms with Gasteiger partial charge >= 0.3 is 0 Å². The minimum atomic E-state index is -0.902. The molecule has 216 valence electrons. The number of carbonyl (C=O) groups is 3. The number of aromatic amines is 1. The number of nitrogens with zero attached hydrogens (tertiary/aromatic N) is 2. The number of hydrogen-bond acceptors (Lipinski definition) is 4. The lowest BCUT2D eigenvalue weighted by Crippen LogP contribution is -2.52. The van der Waals surface area contributed by atoms with Crippen LogP contribution in [0.5, 0.6) is 0 Å². The van der Waals surface area contributed by atoms with Crippen LogP contribution in [0, 0.1) is 6.92 Å². The molecule has 0 saturated carbocycles. The Morgan fingerprint density at radius 1 is 0.860 bits per heavy atom. The first-order valence-corrected chi connectivity index (χ1v) is 14.2. The highest BCUT2D eigenvalue weighted by atomic mass is 16.2. The monoisotopic (exact) mass is 571 g/mol. The van der Waals surface area contributed by atoms with E-state index in [1.165, 1.54) is 0 Å². The van der Waals surface area contributed by atoms with Crippen LogP contribution in [0.25, 0.3) is 22.2 Å². The number of fused-ring (bicyclic) bond motifs is 2. The van der Waals surface area contributed by atoms with Crippen molar-refractivity contribution in [2.75, 3.05) is 19.0 Å².